The van der Waals surface area contributed by atoms with Gasteiger partial charge in [0.05, 0.1) is 32.1 Å². The highest BCUT2D eigenvalue weighted by Gasteiger charge is 2.30. The number of nitrogens with zero attached hydrogens (tertiary/aromatic N) is 1. The van der Waals surface area contributed by atoms with E-state index in [9.17, 15) is 4.79 Å². The quantitative estimate of drug-likeness (QED) is 0.840. The molecule has 0 aliphatic carbocycles. The molecular formula is C13H20N2O3S. The van der Waals surface area contributed by atoms with Crippen LogP contribution in [0.5, 0.6) is 0 Å². The van der Waals surface area contributed by atoms with Crippen LogP contribution in [0.2, 0.25) is 0 Å². The maximum atomic E-state index is 11.9. The number of aromatic nitrogens is 1. The van der Waals surface area contributed by atoms with Crippen molar-refractivity contribution >= 4 is 17.3 Å². The maximum Gasteiger partial charge on any atom is 0.350 e. The molecule has 106 valence electrons. The van der Waals surface area contributed by atoms with Crippen LogP contribution in [-0.4, -0.2) is 37.8 Å². The summed E-state index contributed by atoms with van der Waals surface area (Å²) in [5.41, 5.74) is 0.611. The van der Waals surface area contributed by atoms with Crippen molar-refractivity contribution in [3.05, 3.63) is 15.6 Å². The van der Waals surface area contributed by atoms with Gasteiger partial charge in [-0.25, -0.2) is 9.78 Å². The lowest BCUT2D eigenvalue weighted by molar-refractivity contribution is 0.0603. The van der Waals surface area contributed by atoms with Crippen molar-refractivity contribution in [3.63, 3.8) is 0 Å². The van der Waals surface area contributed by atoms with E-state index in [4.69, 9.17) is 9.47 Å². The molecule has 1 N–H and O–H groups in total. The molecule has 2 rings (SSSR count). The number of carbonyl (C=O) groups excluding carboxylic acids is 1. The van der Waals surface area contributed by atoms with Crippen molar-refractivity contribution in [2.45, 2.75) is 32.2 Å². The van der Waals surface area contributed by atoms with E-state index in [0.717, 1.165) is 23.9 Å². The van der Waals surface area contributed by atoms with Crippen LogP contribution in [0.25, 0.3) is 0 Å². The van der Waals surface area contributed by atoms with E-state index in [1.165, 1.54) is 18.4 Å². The minimum Gasteiger partial charge on any atom is -0.465 e. The molecule has 1 aliphatic heterocycles. The normalized spacial score (nSPS) is 20.3. The first kappa shape index (κ1) is 14.4. The van der Waals surface area contributed by atoms with Crippen molar-refractivity contribution in [3.8, 4) is 0 Å². The predicted molar refractivity (Wildman–Crippen MR) is 73.7 cm³/mol. The van der Waals surface area contributed by atoms with Crippen LogP contribution >= 0.6 is 11.3 Å². The van der Waals surface area contributed by atoms with Gasteiger partial charge in [0.15, 0.2) is 0 Å². The molecule has 0 bridgehead atoms. The van der Waals surface area contributed by atoms with E-state index >= 15 is 0 Å². The van der Waals surface area contributed by atoms with Gasteiger partial charge in [0, 0.05) is 12.0 Å². The highest BCUT2D eigenvalue weighted by atomic mass is 32.1. The Hall–Kier alpha value is -0.980. The fourth-order valence-corrected chi connectivity index (χ4v) is 3.20. The number of methoxy groups -OCH3 is 1. The zero-order chi connectivity index (χ0) is 14.0. The number of thiazole rings is 1. The second-order valence-electron chi connectivity index (χ2n) is 5.55. The molecule has 5 nitrogen and oxygen atoms in total. The van der Waals surface area contributed by atoms with Gasteiger partial charge in [0.1, 0.15) is 9.88 Å². The Balaban J connectivity index is 2.36. The number of nitrogens with one attached hydrogen (secondary N) is 1. The van der Waals surface area contributed by atoms with Crippen molar-refractivity contribution in [2.24, 2.45) is 0 Å². The lowest BCUT2D eigenvalue weighted by atomic mass is 9.91. The van der Waals surface area contributed by atoms with Gasteiger partial charge in [0.2, 0.25) is 0 Å². The van der Waals surface area contributed by atoms with Crippen LogP contribution in [0.1, 0.15) is 47.2 Å². The monoisotopic (exact) mass is 284 g/mol. The largest absolute Gasteiger partial charge is 0.465 e. The van der Waals surface area contributed by atoms with Gasteiger partial charge in [-0.3, -0.25) is 0 Å². The molecule has 2 heterocycles. The van der Waals surface area contributed by atoms with E-state index in [1.54, 1.807) is 0 Å². The molecule has 1 atom stereocenters. The molecule has 0 amide bonds. The van der Waals surface area contributed by atoms with Crippen LogP contribution in [-0.2, 0) is 14.9 Å². The standard InChI is InChI=1S/C13H20N2O3S/c1-13(2,3)10-9(12(16)17-4)19-11(15-10)8-7-18-6-5-14-8/h8,14H,5-7H2,1-4H3. The fraction of sp³-hybridized carbons (Fsp3) is 0.692. The molecule has 1 aromatic rings. The summed E-state index contributed by atoms with van der Waals surface area (Å²) in [5, 5.41) is 4.25. The number of hydrogen-bond acceptors (Lipinski definition) is 6. The molecule has 1 aromatic heterocycles. The van der Waals surface area contributed by atoms with Crippen LogP contribution in [0.4, 0.5) is 0 Å². The number of rotatable bonds is 2. The molecule has 19 heavy (non-hydrogen) atoms. The van der Waals surface area contributed by atoms with Crippen LogP contribution in [0.3, 0.4) is 0 Å². The summed E-state index contributed by atoms with van der Waals surface area (Å²) < 4.78 is 10.3. The highest BCUT2D eigenvalue weighted by Crippen LogP contribution is 2.33. The summed E-state index contributed by atoms with van der Waals surface area (Å²) >= 11 is 1.40. The highest BCUT2D eigenvalue weighted by molar-refractivity contribution is 7.13. The first-order valence-corrected chi connectivity index (χ1v) is 7.15. The Morgan fingerprint density at radius 3 is 2.79 bits per heavy atom. The zero-order valence-corrected chi connectivity index (χ0v) is 12.6. The Bertz CT molecular complexity index is 459. The summed E-state index contributed by atoms with van der Waals surface area (Å²) in [6, 6.07) is 0.0678. The molecule has 6 heteroatoms. The summed E-state index contributed by atoms with van der Waals surface area (Å²) in [4.78, 5) is 17.1. The smallest absolute Gasteiger partial charge is 0.350 e. The lowest BCUT2D eigenvalue weighted by Crippen LogP contribution is -2.34. The first-order chi connectivity index (χ1) is 8.93. The Kier molecular flexibility index (Phi) is 4.23. The van der Waals surface area contributed by atoms with Gasteiger partial charge >= 0.3 is 5.97 Å². The van der Waals surface area contributed by atoms with Crippen LogP contribution in [0.15, 0.2) is 0 Å². The Morgan fingerprint density at radius 1 is 1.53 bits per heavy atom. The predicted octanol–water partition coefficient (Wildman–Crippen LogP) is 1.89. The number of esters is 1. The topological polar surface area (TPSA) is 60.5 Å². The van der Waals surface area contributed by atoms with Crippen LogP contribution in [0, 0.1) is 0 Å². The summed E-state index contributed by atoms with van der Waals surface area (Å²) in [6.45, 7) is 8.26. The Morgan fingerprint density at radius 2 is 2.26 bits per heavy atom. The van der Waals surface area contributed by atoms with Gasteiger partial charge in [-0.15, -0.1) is 11.3 Å². The molecule has 1 fully saturated rings. The molecule has 0 aromatic carbocycles. The van der Waals surface area contributed by atoms with Crippen molar-refractivity contribution in [2.75, 3.05) is 26.9 Å². The molecular weight excluding hydrogens is 264 g/mol. The van der Waals surface area contributed by atoms with E-state index in [2.05, 4.69) is 10.3 Å². The molecule has 1 unspecified atom stereocenters. The average molecular weight is 284 g/mol. The molecule has 1 saturated heterocycles. The minimum absolute atomic E-state index is 0.0678. The first-order valence-electron chi connectivity index (χ1n) is 6.34. The third-order valence-corrected chi connectivity index (χ3v) is 4.09. The van der Waals surface area contributed by atoms with E-state index in [0.29, 0.717) is 11.5 Å². The summed E-state index contributed by atoms with van der Waals surface area (Å²) in [6.07, 6.45) is 0. The fourth-order valence-electron chi connectivity index (χ4n) is 1.95. The SMILES string of the molecule is COC(=O)c1sc(C2COCCN2)nc1C(C)(C)C. The average Bonchev–Trinajstić information content (AvgIpc) is 2.84. The zero-order valence-electron chi connectivity index (χ0n) is 11.8. The Labute approximate surface area is 117 Å². The van der Waals surface area contributed by atoms with Gasteiger partial charge in [0.25, 0.3) is 0 Å². The van der Waals surface area contributed by atoms with Gasteiger partial charge < -0.3 is 14.8 Å². The van der Waals surface area contributed by atoms with Gasteiger partial charge in [-0.2, -0.15) is 0 Å². The summed E-state index contributed by atoms with van der Waals surface area (Å²) in [7, 11) is 1.40. The van der Waals surface area contributed by atoms with E-state index in [1.807, 2.05) is 20.8 Å². The lowest BCUT2D eigenvalue weighted by Gasteiger charge is -2.22. The number of carbonyl (C=O) groups is 1. The second-order valence-corrected chi connectivity index (χ2v) is 6.58. The van der Waals surface area contributed by atoms with Gasteiger partial charge in [-0.05, 0) is 0 Å². The second kappa shape index (κ2) is 5.56. The minimum atomic E-state index is -0.314. The van der Waals surface area contributed by atoms with Crippen LogP contribution < -0.4 is 5.32 Å². The third-order valence-electron chi connectivity index (χ3n) is 2.94. The van der Waals surface area contributed by atoms with E-state index in [-0.39, 0.29) is 17.4 Å². The number of morpholine rings is 1. The summed E-state index contributed by atoms with van der Waals surface area (Å²) in [5.74, 6) is -0.314. The van der Waals surface area contributed by atoms with Crippen molar-refractivity contribution in [1.82, 2.24) is 10.3 Å². The van der Waals surface area contributed by atoms with Crippen molar-refractivity contribution in [1.29, 1.82) is 0 Å². The molecule has 1 aliphatic rings. The van der Waals surface area contributed by atoms with Crippen molar-refractivity contribution < 1.29 is 14.3 Å². The third kappa shape index (κ3) is 3.13. The number of hydrogen-bond donors (Lipinski definition) is 1. The molecule has 0 saturated carbocycles. The van der Waals surface area contributed by atoms with E-state index < -0.39 is 0 Å². The van der Waals surface area contributed by atoms with Gasteiger partial charge in [-0.1, -0.05) is 20.8 Å². The maximum absolute atomic E-state index is 11.9. The molecule has 0 spiro atoms. The molecule has 0 radical (unpaired) electrons. The number of ether oxygens (including phenoxy) is 2.